The minimum atomic E-state index is -4.17. The minimum Gasteiger partial charge on any atom is -0.486 e. The van der Waals surface area contributed by atoms with Gasteiger partial charge in [-0.05, 0) is 48.9 Å². The highest BCUT2D eigenvalue weighted by molar-refractivity contribution is 7.92. The summed E-state index contributed by atoms with van der Waals surface area (Å²) in [5, 5.41) is 3.09. The Labute approximate surface area is 227 Å². The average molecular weight is 558 g/mol. The summed E-state index contributed by atoms with van der Waals surface area (Å²) in [5.41, 5.74) is 0.959. The van der Waals surface area contributed by atoms with E-state index >= 15 is 0 Å². The van der Waals surface area contributed by atoms with Gasteiger partial charge in [-0.15, -0.1) is 0 Å². The van der Waals surface area contributed by atoms with Crippen LogP contribution < -0.4 is 19.1 Å². The van der Waals surface area contributed by atoms with Crippen molar-refractivity contribution in [3.05, 3.63) is 83.4 Å². The first-order valence-electron chi connectivity index (χ1n) is 11.9. The van der Waals surface area contributed by atoms with Crippen LogP contribution in [0.3, 0.4) is 0 Å². The molecule has 3 aromatic carbocycles. The van der Waals surface area contributed by atoms with E-state index < -0.39 is 28.5 Å². The lowest BCUT2D eigenvalue weighted by molar-refractivity contribution is -0.139. The van der Waals surface area contributed by atoms with Crippen molar-refractivity contribution < 1.29 is 27.5 Å². The second-order valence-electron chi connectivity index (χ2n) is 8.59. The number of amides is 2. The summed E-state index contributed by atoms with van der Waals surface area (Å²) < 4.78 is 39.9. The molecule has 0 saturated carbocycles. The van der Waals surface area contributed by atoms with Crippen LogP contribution in [0.1, 0.15) is 12.5 Å². The third-order valence-corrected chi connectivity index (χ3v) is 8.14. The van der Waals surface area contributed by atoms with E-state index in [9.17, 15) is 18.0 Å². The van der Waals surface area contributed by atoms with Crippen molar-refractivity contribution in [2.24, 2.45) is 0 Å². The Hall–Kier alpha value is -3.76. The molecular formula is C27H28ClN3O6S. The standard InChI is InChI=1S/C27H28ClN3O6S/c1-19(27(33)29-2)30(17-20-8-10-21(28)11-9-20)26(32)18-31(38(34,35)23-6-4-3-5-7-23)22-12-13-24-25(16-22)37-15-14-36-24/h3-13,16,19H,14-15,17-18H2,1-2H3,(H,29,33)/t19-/m0/s1. The van der Waals surface area contributed by atoms with Gasteiger partial charge in [0.1, 0.15) is 25.8 Å². The number of ether oxygens (including phenoxy) is 2. The number of hydrogen-bond donors (Lipinski definition) is 1. The maximum absolute atomic E-state index is 13.8. The highest BCUT2D eigenvalue weighted by atomic mass is 35.5. The molecule has 1 aliphatic rings. The van der Waals surface area contributed by atoms with Crippen molar-refractivity contribution in [1.82, 2.24) is 10.2 Å². The number of rotatable bonds is 9. The molecule has 0 fully saturated rings. The Morgan fingerprint density at radius 1 is 0.974 bits per heavy atom. The SMILES string of the molecule is CNC(=O)[C@H](C)N(Cc1ccc(Cl)cc1)C(=O)CN(c1ccc2c(c1)OCCO2)S(=O)(=O)c1ccccc1. The molecule has 0 bridgehead atoms. The summed E-state index contributed by atoms with van der Waals surface area (Å²) in [6.45, 7) is 1.82. The number of carbonyl (C=O) groups is 2. The van der Waals surface area contributed by atoms with Crippen molar-refractivity contribution in [2.75, 3.05) is 31.1 Å². The molecule has 38 heavy (non-hydrogen) atoms. The Balaban J connectivity index is 1.73. The highest BCUT2D eigenvalue weighted by Gasteiger charge is 2.33. The number of carbonyl (C=O) groups excluding carboxylic acids is 2. The summed E-state index contributed by atoms with van der Waals surface area (Å²) in [7, 11) is -2.69. The second-order valence-corrected chi connectivity index (χ2v) is 10.9. The molecule has 1 aliphatic heterocycles. The lowest BCUT2D eigenvalue weighted by Crippen LogP contribution is -2.50. The van der Waals surface area contributed by atoms with Gasteiger partial charge in [-0.2, -0.15) is 0 Å². The van der Waals surface area contributed by atoms with Crippen LogP contribution >= 0.6 is 11.6 Å². The first kappa shape index (κ1) is 27.3. The van der Waals surface area contributed by atoms with Crippen LogP contribution in [0.5, 0.6) is 11.5 Å². The van der Waals surface area contributed by atoms with Crippen molar-refractivity contribution in [3.8, 4) is 11.5 Å². The van der Waals surface area contributed by atoms with Crippen molar-refractivity contribution in [2.45, 2.75) is 24.4 Å². The van der Waals surface area contributed by atoms with Gasteiger partial charge in [0.2, 0.25) is 11.8 Å². The van der Waals surface area contributed by atoms with Crippen LogP contribution in [-0.2, 0) is 26.2 Å². The van der Waals surface area contributed by atoms with Crippen LogP contribution in [0.2, 0.25) is 5.02 Å². The number of nitrogens with one attached hydrogen (secondary N) is 1. The molecule has 1 atom stereocenters. The summed E-state index contributed by atoms with van der Waals surface area (Å²) in [4.78, 5) is 27.7. The maximum atomic E-state index is 13.8. The Morgan fingerprint density at radius 3 is 2.29 bits per heavy atom. The Morgan fingerprint density at radius 2 is 1.63 bits per heavy atom. The molecule has 200 valence electrons. The quantitative estimate of drug-likeness (QED) is 0.432. The number of anilines is 1. The van der Waals surface area contributed by atoms with Crippen molar-refractivity contribution in [3.63, 3.8) is 0 Å². The van der Waals surface area contributed by atoms with E-state index in [1.54, 1.807) is 61.5 Å². The van der Waals surface area contributed by atoms with E-state index in [0.717, 1.165) is 9.87 Å². The largest absolute Gasteiger partial charge is 0.486 e. The molecule has 9 nitrogen and oxygen atoms in total. The molecule has 0 aromatic heterocycles. The third kappa shape index (κ3) is 6.03. The summed E-state index contributed by atoms with van der Waals surface area (Å²) in [5.74, 6) is -0.0817. The molecule has 2 amide bonds. The number of nitrogens with zero attached hydrogens (tertiary/aromatic N) is 2. The number of fused-ring (bicyclic) bond motifs is 1. The van der Waals surface area contributed by atoms with Gasteiger partial charge < -0.3 is 19.7 Å². The van der Waals surface area contributed by atoms with Crippen molar-refractivity contribution >= 4 is 39.1 Å². The van der Waals surface area contributed by atoms with Gasteiger partial charge in [0, 0.05) is 24.7 Å². The third-order valence-electron chi connectivity index (χ3n) is 6.10. The molecule has 0 radical (unpaired) electrons. The average Bonchev–Trinajstić information content (AvgIpc) is 2.94. The zero-order valence-corrected chi connectivity index (χ0v) is 22.5. The molecule has 3 aromatic rings. The van der Waals surface area contributed by atoms with Gasteiger partial charge in [0.25, 0.3) is 10.0 Å². The van der Waals surface area contributed by atoms with Gasteiger partial charge in [-0.3, -0.25) is 13.9 Å². The zero-order valence-electron chi connectivity index (χ0n) is 21.0. The molecule has 0 aliphatic carbocycles. The number of halogens is 1. The van der Waals surface area contributed by atoms with E-state index in [-0.39, 0.29) is 23.0 Å². The molecule has 0 saturated heterocycles. The first-order valence-corrected chi connectivity index (χ1v) is 13.8. The first-order chi connectivity index (χ1) is 18.2. The second kappa shape index (κ2) is 11.7. The lowest BCUT2D eigenvalue weighted by atomic mass is 10.1. The summed E-state index contributed by atoms with van der Waals surface area (Å²) >= 11 is 6.00. The van der Waals surface area contributed by atoms with Gasteiger partial charge in [-0.25, -0.2) is 8.42 Å². The molecule has 1 N–H and O–H groups in total. The fourth-order valence-corrected chi connectivity index (χ4v) is 5.57. The fraction of sp³-hybridized carbons (Fsp3) is 0.259. The number of likely N-dealkylation sites (N-methyl/N-ethyl adjacent to an activating group) is 1. The van der Waals surface area contributed by atoms with E-state index in [4.69, 9.17) is 21.1 Å². The van der Waals surface area contributed by atoms with Crippen LogP contribution in [0.25, 0.3) is 0 Å². The fourth-order valence-electron chi connectivity index (χ4n) is 4.01. The van der Waals surface area contributed by atoms with Crippen LogP contribution in [0.4, 0.5) is 5.69 Å². The molecular weight excluding hydrogens is 530 g/mol. The zero-order chi connectivity index (χ0) is 27.3. The summed E-state index contributed by atoms with van der Waals surface area (Å²) in [6.07, 6.45) is 0. The van der Waals surface area contributed by atoms with Crippen LogP contribution in [0, 0.1) is 0 Å². The Kier molecular flexibility index (Phi) is 8.43. The smallest absolute Gasteiger partial charge is 0.264 e. The van der Waals surface area contributed by atoms with Gasteiger partial charge in [0.05, 0.1) is 10.6 Å². The monoisotopic (exact) mass is 557 g/mol. The van der Waals surface area contributed by atoms with Crippen molar-refractivity contribution in [1.29, 1.82) is 0 Å². The maximum Gasteiger partial charge on any atom is 0.264 e. The van der Waals surface area contributed by atoms with Gasteiger partial charge in [-0.1, -0.05) is 41.9 Å². The van der Waals surface area contributed by atoms with E-state index in [1.807, 2.05) is 0 Å². The van der Waals surface area contributed by atoms with E-state index in [1.165, 1.54) is 30.1 Å². The van der Waals surface area contributed by atoms with E-state index in [0.29, 0.717) is 29.7 Å². The van der Waals surface area contributed by atoms with Crippen LogP contribution in [-0.4, -0.2) is 58.0 Å². The predicted octanol–water partition coefficient (Wildman–Crippen LogP) is 3.47. The predicted molar refractivity (Wildman–Crippen MR) is 144 cm³/mol. The normalized spacial score (nSPS) is 13.3. The molecule has 0 spiro atoms. The molecule has 11 heteroatoms. The van der Waals surface area contributed by atoms with Gasteiger partial charge >= 0.3 is 0 Å². The number of benzene rings is 3. The minimum absolute atomic E-state index is 0.0197. The number of hydrogen-bond acceptors (Lipinski definition) is 6. The van der Waals surface area contributed by atoms with Gasteiger partial charge in [0.15, 0.2) is 11.5 Å². The highest BCUT2D eigenvalue weighted by Crippen LogP contribution is 2.36. The topological polar surface area (TPSA) is 105 Å². The Bertz CT molecular complexity index is 1400. The molecule has 0 unspecified atom stereocenters. The lowest BCUT2D eigenvalue weighted by Gasteiger charge is -2.32. The number of sulfonamides is 1. The van der Waals surface area contributed by atoms with Crippen LogP contribution in [0.15, 0.2) is 77.7 Å². The molecule has 1 heterocycles. The van der Waals surface area contributed by atoms with E-state index in [2.05, 4.69) is 5.32 Å². The molecule has 4 rings (SSSR count). The summed E-state index contributed by atoms with van der Waals surface area (Å²) in [6, 6.07) is 18.6.